The molecule has 1 aromatic heterocycles. The second-order valence-electron chi connectivity index (χ2n) is 5.46. The van der Waals surface area contributed by atoms with Crippen LogP contribution >= 0.6 is 11.3 Å². The molecule has 1 amide bonds. The van der Waals surface area contributed by atoms with Gasteiger partial charge in [0.15, 0.2) is 0 Å². The van der Waals surface area contributed by atoms with E-state index in [0.717, 1.165) is 23.5 Å². The Kier molecular flexibility index (Phi) is 5.53. The smallest absolute Gasteiger partial charge is 0.270 e. The number of phenolic OH excluding ortho intramolecular Hbond substituents is 1. The van der Waals surface area contributed by atoms with E-state index < -0.39 is 4.92 Å². The number of aromatic nitrogens is 1. The highest BCUT2D eigenvalue weighted by atomic mass is 32.1. The van der Waals surface area contributed by atoms with Crippen molar-refractivity contribution in [3.63, 3.8) is 0 Å². The molecule has 8 nitrogen and oxygen atoms in total. The normalized spacial score (nSPS) is 10.8. The van der Waals surface area contributed by atoms with Crippen molar-refractivity contribution in [3.05, 3.63) is 74.6 Å². The van der Waals surface area contributed by atoms with E-state index in [1.165, 1.54) is 23.5 Å². The van der Waals surface area contributed by atoms with Crippen LogP contribution in [0.1, 0.15) is 10.6 Å². The lowest BCUT2D eigenvalue weighted by Gasteiger charge is -2.00. The van der Waals surface area contributed by atoms with Gasteiger partial charge in [-0.15, -0.1) is 11.3 Å². The van der Waals surface area contributed by atoms with E-state index in [0.29, 0.717) is 5.01 Å². The predicted molar refractivity (Wildman–Crippen MR) is 102 cm³/mol. The Hall–Kier alpha value is -3.59. The number of carbonyl (C=O) groups is 1. The Bertz CT molecular complexity index is 1000. The number of nitrogens with zero attached hydrogens (tertiary/aromatic N) is 3. The molecule has 0 saturated carbocycles. The first kappa shape index (κ1) is 18.2. The maximum Gasteiger partial charge on any atom is 0.270 e. The van der Waals surface area contributed by atoms with Crippen molar-refractivity contribution in [1.29, 1.82) is 0 Å². The molecule has 0 spiro atoms. The van der Waals surface area contributed by atoms with Crippen LogP contribution in [0.15, 0.2) is 59.0 Å². The number of hydrogen-bond donors (Lipinski definition) is 2. The number of benzene rings is 2. The lowest BCUT2D eigenvalue weighted by Crippen LogP contribution is -2.19. The van der Waals surface area contributed by atoms with Crippen LogP contribution in [-0.2, 0) is 11.2 Å². The summed E-state index contributed by atoms with van der Waals surface area (Å²) in [6, 6.07) is 13.2. The monoisotopic (exact) mass is 382 g/mol. The van der Waals surface area contributed by atoms with Crippen LogP contribution in [0.25, 0.3) is 11.3 Å². The van der Waals surface area contributed by atoms with E-state index in [-0.39, 0.29) is 29.3 Å². The molecule has 9 heteroatoms. The molecule has 3 rings (SSSR count). The summed E-state index contributed by atoms with van der Waals surface area (Å²) in [6.07, 6.45) is 1.20. The highest BCUT2D eigenvalue weighted by Crippen LogP contribution is 2.22. The summed E-state index contributed by atoms with van der Waals surface area (Å²) in [5.74, 6) is -0.559. The second kappa shape index (κ2) is 8.19. The van der Waals surface area contributed by atoms with Crippen LogP contribution in [0.3, 0.4) is 0 Å². The summed E-state index contributed by atoms with van der Waals surface area (Å²) < 4.78 is 0. The topological polar surface area (TPSA) is 118 Å². The predicted octanol–water partition coefficient (Wildman–Crippen LogP) is 3.12. The molecule has 1 heterocycles. The van der Waals surface area contributed by atoms with Gasteiger partial charge in [-0.2, -0.15) is 5.10 Å². The summed E-state index contributed by atoms with van der Waals surface area (Å²) >= 11 is 1.37. The van der Waals surface area contributed by atoms with Crippen LogP contribution in [0, 0.1) is 10.1 Å². The molecule has 0 aliphatic rings. The van der Waals surface area contributed by atoms with Crippen molar-refractivity contribution < 1.29 is 14.8 Å². The Morgan fingerprint density at radius 3 is 2.81 bits per heavy atom. The van der Waals surface area contributed by atoms with Crippen LogP contribution in [-0.4, -0.2) is 27.1 Å². The maximum atomic E-state index is 12.0. The van der Waals surface area contributed by atoms with Gasteiger partial charge in [-0.25, -0.2) is 10.4 Å². The Morgan fingerprint density at radius 2 is 2.07 bits per heavy atom. The summed E-state index contributed by atoms with van der Waals surface area (Å²) in [5.41, 5.74) is 4.04. The molecule has 0 aliphatic heterocycles. The minimum absolute atomic E-state index is 0.0513. The number of aromatic hydroxyl groups is 1. The van der Waals surface area contributed by atoms with Crippen molar-refractivity contribution in [3.8, 4) is 17.0 Å². The Morgan fingerprint density at radius 1 is 1.30 bits per heavy atom. The number of hydrazone groups is 1. The fourth-order valence-electron chi connectivity index (χ4n) is 2.24. The zero-order valence-corrected chi connectivity index (χ0v) is 14.7. The van der Waals surface area contributed by atoms with E-state index in [1.54, 1.807) is 0 Å². The van der Waals surface area contributed by atoms with Gasteiger partial charge in [0.1, 0.15) is 10.8 Å². The second-order valence-corrected chi connectivity index (χ2v) is 6.41. The molecular formula is C18H14N4O4S. The molecular weight excluding hydrogens is 368 g/mol. The first-order valence-electron chi connectivity index (χ1n) is 7.82. The zero-order valence-electron chi connectivity index (χ0n) is 13.9. The van der Waals surface area contributed by atoms with Crippen LogP contribution in [0.2, 0.25) is 0 Å². The lowest BCUT2D eigenvalue weighted by atomic mass is 10.2. The first-order chi connectivity index (χ1) is 13.0. The number of rotatable bonds is 6. The third-order valence-electron chi connectivity index (χ3n) is 3.55. The molecule has 2 aromatic carbocycles. The average Bonchev–Trinajstić information content (AvgIpc) is 3.12. The van der Waals surface area contributed by atoms with Gasteiger partial charge >= 0.3 is 0 Å². The summed E-state index contributed by atoms with van der Waals surface area (Å²) in [7, 11) is 0. The van der Waals surface area contributed by atoms with Crippen molar-refractivity contribution in [2.24, 2.45) is 5.10 Å². The fraction of sp³-hybridized carbons (Fsp3) is 0.0556. The molecule has 0 atom stereocenters. The Balaban J connectivity index is 1.60. The number of nitro benzene ring substituents is 1. The molecule has 0 unspecified atom stereocenters. The van der Waals surface area contributed by atoms with E-state index in [9.17, 15) is 20.0 Å². The van der Waals surface area contributed by atoms with Gasteiger partial charge in [0, 0.05) is 28.6 Å². The molecule has 0 fully saturated rings. The number of carbonyl (C=O) groups excluding carboxylic acids is 1. The van der Waals surface area contributed by atoms with Gasteiger partial charge in [-0.05, 0) is 6.07 Å². The van der Waals surface area contributed by atoms with Crippen molar-refractivity contribution in [2.45, 2.75) is 6.42 Å². The number of nitrogens with one attached hydrogen (secondary N) is 1. The summed E-state index contributed by atoms with van der Waals surface area (Å²) in [6.45, 7) is 0. The van der Waals surface area contributed by atoms with Crippen molar-refractivity contribution >= 4 is 29.1 Å². The highest BCUT2D eigenvalue weighted by Gasteiger charge is 2.10. The van der Waals surface area contributed by atoms with Crippen LogP contribution in [0.5, 0.6) is 5.75 Å². The number of nitro groups is 1. The molecule has 0 aliphatic carbocycles. The average molecular weight is 382 g/mol. The zero-order chi connectivity index (χ0) is 19.2. The van der Waals surface area contributed by atoms with Gasteiger partial charge in [0.05, 0.1) is 23.3 Å². The summed E-state index contributed by atoms with van der Waals surface area (Å²) in [4.78, 5) is 26.6. The number of thiazole rings is 1. The largest absolute Gasteiger partial charge is 0.507 e. The van der Waals surface area contributed by atoms with Crippen LogP contribution < -0.4 is 5.43 Å². The minimum atomic E-state index is -0.581. The van der Waals surface area contributed by atoms with Gasteiger partial charge in [-0.1, -0.05) is 30.3 Å². The summed E-state index contributed by atoms with van der Waals surface area (Å²) in [5, 5.41) is 26.7. The minimum Gasteiger partial charge on any atom is -0.507 e. The first-order valence-corrected chi connectivity index (χ1v) is 8.70. The van der Waals surface area contributed by atoms with Gasteiger partial charge < -0.3 is 5.11 Å². The SMILES string of the molecule is O=C(Cc1nc(-c2ccccc2)cs1)N/N=C\c1cc([N+](=O)[O-])ccc1O. The molecule has 0 saturated heterocycles. The fourth-order valence-corrected chi connectivity index (χ4v) is 3.05. The van der Waals surface area contributed by atoms with E-state index in [1.807, 2.05) is 35.7 Å². The van der Waals surface area contributed by atoms with E-state index in [4.69, 9.17) is 0 Å². The number of phenols is 1. The highest BCUT2D eigenvalue weighted by molar-refractivity contribution is 7.10. The van der Waals surface area contributed by atoms with Gasteiger partial charge in [0.2, 0.25) is 5.91 Å². The molecule has 2 N–H and O–H groups in total. The molecule has 136 valence electrons. The third kappa shape index (κ3) is 4.73. The standard InChI is InChI=1S/C18H14N4O4S/c23-16-7-6-14(22(25)26)8-13(16)10-19-21-17(24)9-18-20-15(11-27-18)12-4-2-1-3-5-12/h1-8,10-11,23H,9H2,(H,21,24)/b19-10-. The van der Waals surface area contributed by atoms with Crippen molar-refractivity contribution in [1.82, 2.24) is 10.4 Å². The van der Waals surface area contributed by atoms with E-state index >= 15 is 0 Å². The molecule has 0 bridgehead atoms. The van der Waals surface area contributed by atoms with Crippen LogP contribution in [0.4, 0.5) is 5.69 Å². The molecule has 27 heavy (non-hydrogen) atoms. The van der Waals surface area contributed by atoms with Gasteiger partial charge in [0.25, 0.3) is 5.69 Å². The van der Waals surface area contributed by atoms with Crippen molar-refractivity contribution in [2.75, 3.05) is 0 Å². The van der Waals surface area contributed by atoms with Gasteiger partial charge in [-0.3, -0.25) is 14.9 Å². The number of amides is 1. The quantitative estimate of drug-likeness (QED) is 0.386. The maximum absolute atomic E-state index is 12.0. The third-order valence-corrected chi connectivity index (χ3v) is 4.40. The molecule has 3 aromatic rings. The lowest BCUT2D eigenvalue weighted by molar-refractivity contribution is -0.384. The van der Waals surface area contributed by atoms with E-state index in [2.05, 4.69) is 15.5 Å². The number of non-ortho nitro benzene ring substituents is 1. The molecule has 0 radical (unpaired) electrons. The number of hydrogen-bond acceptors (Lipinski definition) is 7. The Labute approximate surface area is 158 Å².